The molecule has 3 aromatic heterocycles. The first-order valence-corrected chi connectivity index (χ1v) is 14.7. The molecule has 2 aliphatic rings. The maximum Gasteiger partial charge on any atom is 0.195 e. The fourth-order valence-corrected chi connectivity index (χ4v) is 9.07. The Morgan fingerprint density at radius 1 is 0.800 bits per heavy atom. The van der Waals surface area contributed by atoms with Gasteiger partial charge in [0, 0.05) is 73.4 Å². The number of thiophene rings is 3. The summed E-state index contributed by atoms with van der Waals surface area (Å²) in [6.45, 7) is 3.83. The molecule has 0 fully saturated rings. The number of carbonyl (C=O) groups excluding carboxylic acids is 2. The van der Waals surface area contributed by atoms with Crippen molar-refractivity contribution in [3.05, 3.63) is 99.8 Å². The molecule has 0 saturated carbocycles. The molecule has 0 amide bonds. The highest BCUT2D eigenvalue weighted by atomic mass is 32.2. The van der Waals surface area contributed by atoms with Gasteiger partial charge < -0.3 is 0 Å². The summed E-state index contributed by atoms with van der Waals surface area (Å²) in [4.78, 5) is 33.7. The summed E-state index contributed by atoms with van der Waals surface area (Å²) < 4.78 is 0. The standard InChI is InChI=1S/C29H16O2S4/c1-3-5-20(32-2)22-12-18-26(30)14-8-10-17-25-15(7-9-16(24(14)25)28(18)34-22)27(31)19-13-23(35-29(17)19)21-6-4-11-33-21/h3-13H,1H2,2H3/b20-5-. The molecule has 0 radical (unpaired) electrons. The van der Waals surface area contributed by atoms with E-state index in [1.807, 2.05) is 54.8 Å². The van der Waals surface area contributed by atoms with Gasteiger partial charge in [-0.05, 0) is 48.0 Å². The van der Waals surface area contributed by atoms with E-state index >= 15 is 0 Å². The fourth-order valence-electron chi connectivity index (χ4n) is 5.08. The third-order valence-corrected chi connectivity index (χ3v) is 10.9. The molecule has 0 spiro atoms. The van der Waals surface area contributed by atoms with Crippen LogP contribution in [0.25, 0.3) is 46.3 Å². The lowest BCUT2D eigenvalue weighted by Crippen LogP contribution is -2.13. The second kappa shape index (κ2) is 7.73. The molecule has 0 unspecified atom stereocenters. The fraction of sp³-hybridized carbons (Fsp3) is 0.0345. The zero-order chi connectivity index (χ0) is 23.8. The van der Waals surface area contributed by atoms with Gasteiger partial charge in [0.1, 0.15) is 0 Å². The summed E-state index contributed by atoms with van der Waals surface area (Å²) in [5, 5.41) is 3.88. The van der Waals surface area contributed by atoms with Crippen molar-refractivity contribution < 1.29 is 9.59 Å². The first-order chi connectivity index (χ1) is 17.1. The van der Waals surface area contributed by atoms with Crippen LogP contribution in [-0.2, 0) is 0 Å². The molecule has 35 heavy (non-hydrogen) atoms. The maximum absolute atomic E-state index is 13.7. The lowest BCUT2D eigenvalue weighted by Gasteiger charge is -2.23. The highest BCUT2D eigenvalue weighted by Gasteiger charge is 2.34. The minimum atomic E-state index is 0.0291. The number of hydrogen-bond donors (Lipinski definition) is 0. The van der Waals surface area contributed by atoms with Gasteiger partial charge in [-0.1, -0.05) is 30.9 Å². The predicted octanol–water partition coefficient (Wildman–Crippen LogP) is 9.00. The maximum atomic E-state index is 13.7. The molecule has 2 aromatic carbocycles. The van der Waals surface area contributed by atoms with Crippen LogP contribution in [0, 0.1) is 0 Å². The van der Waals surface area contributed by atoms with Crippen LogP contribution in [0.1, 0.15) is 36.7 Å². The van der Waals surface area contributed by atoms with E-state index in [4.69, 9.17) is 0 Å². The summed E-state index contributed by atoms with van der Waals surface area (Å²) in [5.41, 5.74) is 4.96. The quantitative estimate of drug-likeness (QED) is 0.215. The van der Waals surface area contributed by atoms with Crippen molar-refractivity contribution in [3.8, 4) is 30.6 Å². The SMILES string of the molecule is C=C/C=C(\SC)c1cc2c(s1)-c1ccc3c4c(ccc(c14)C2=O)-c1sc(-c2cccs2)cc1C3=O. The third-order valence-electron chi connectivity index (χ3n) is 6.59. The van der Waals surface area contributed by atoms with Gasteiger partial charge in [0.2, 0.25) is 0 Å². The molecule has 3 heterocycles. The number of rotatable bonds is 4. The summed E-state index contributed by atoms with van der Waals surface area (Å²) in [5.74, 6) is 0.0698. The second-order valence-electron chi connectivity index (χ2n) is 8.38. The van der Waals surface area contributed by atoms with Gasteiger partial charge in [-0.3, -0.25) is 9.59 Å². The van der Waals surface area contributed by atoms with Gasteiger partial charge in [-0.2, -0.15) is 0 Å². The van der Waals surface area contributed by atoms with Gasteiger partial charge in [0.05, 0.1) is 0 Å². The van der Waals surface area contributed by atoms with Crippen molar-refractivity contribution in [2.45, 2.75) is 0 Å². The molecule has 2 nitrogen and oxygen atoms in total. The number of ketones is 2. The monoisotopic (exact) mass is 524 g/mol. The van der Waals surface area contributed by atoms with Gasteiger partial charge in [-0.15, -0.1) is 45.8 Å². The summed E-state index contributed by atoms with van der Waals surface area (Å²) >= 11 is 6.62. The number of carbonyl (C=O) groups is 2. The van der Waals surface area contributed by atoms with Gasteiger partial charge in [-0.25, -0.2) is 0 Å². The van der Waals surface area contributed by atoms with E-state index in [1.54, 1.807) is 51.8 Å². The minimum absolute atomic E-state index is 0.0291. The van der Waals surface area contributed by atoms with Crippen LogP contribution in [0.5, 0.6) is 0 Å². The van der Waals surface area contributed by atoms with E-state index in [0.717, 1.165) is 57.4 Å². The molecule has 6 heteroatoms. The lowest BCUT2D eigenvalue weighted by atomic mass is 9.80. The van der Waals surface area contributed by atoms with Gasteiger partial charge in [0.15, 0.2) is 11.6 Å². The summed E-state index contributed by atoms with van der Waals surface area (Å²) in [6, 6.07) is 16.1. The number of benzene rings is 2. The van der Waals surface area contributed by atoms with E-state index in [1.165, 1.54) is 4.88 Å². The normalized spacial score (nSPS) is 13.8. The highest BCUT2D eigenvalue weighted by molar-refractivity contribution is 8.07. The topological polar surface area (TPSA) is 34.1 Å². The third kappa shape index (κ3) is 2.88. The zero-order valence-corrected chi connectivity index (χ0v) is 21.8. The Morgan fingerprint density at radius 3 is 2.03 bits per heavy atom. The second-order valence-corrected chi connectivity index (χ2v) is 12.3. The van der Waals surface area contributed by atoms with E-state index in [2.05, 4.69) is 18.0 Å². The molecule has 168 valence electrons. The smallest absolute Gasteiger partial charge is 0.195 e. The Bertz CT molecular complexity index is 1780. The van der Waals surface area contributed by atoms with E-state index < -0.39 is 0 Å². The van der Waals surface area contributed by atoms with Crippen molar-refractivity contribution in [2.75, 3.05) is 6.26 Å². The van der Waals surface area contributed by atoms with Crippen LogP contribution in [0.2, 0.25) is 0 Å². The Hall–Kier alpha value is -3.03. The van der Waals surface area contributed by atoms with Crippen LogP contribution >= 0.6 is 45.8 Å². The first kappa shape index (κ1) is 21.3. The molecule has 0 bridgehead atoms. The Balaban J connectivity index is 1.51. The number of thioether (sulfide) groups is 1. The van der Waals surface area contributed by atoms with E-state index in [-0.39, 0.29) is 11.6 Å². The molecule has 2 aliphatic carbocycles. The lowest BCUT2D eigenvalue weighted by molar-refractivity contribution is 0.103. The Morgan fingerprint density at radius 2 is 1.43 bits per heavy atom. The Labute approximate surface area is 218 Å². The number of hydrogen-bond acceptors (Lipinski definition) is 6. The average Bonchev–Trinajstić information content (AvgIpc) is 3.64. The number of fused-ring (bicyclic) bond motifs is 4. The molecular weight excluding hydrogens is 509 g/mol. The van der Waals surface area contributed by atoms with Crippen molar-refractivity contribution in [3.63, 3.8) is 0 Å². The summed E-state index contributed by atoms with van der Waals surface area (Å²) in [7, 11) is 0. The predicted molar refractivity (Wildman–Crippen MR) is 152 cm³/mol. The summed E-state index contributed by atoms with van der Waals surface area (Å²) in [6.07, 6.45) is 5.79. The first-order valence-electron chi connectivity index (χ1n) is 11.0. The Kier molecular flexibility index (Phi) is 4.70. The highest BCUT2D eigenvalue weighted by Crippen LogP contribution is 2.52. The van der Waals surface area contributed by atoms with Crippen molar-refractivity contribution in [1.82, 2.24) is 0 Å². The molecule has 0 N–H and O–H groups in total. The van der Waals surface area contributed by atoms with Crippen LogP contribution in [-0.4, -0.2) is 17.8 Å². The van der Waals surface area contributed by atoms with Crippen LogP contribution in [0.4, 0.5) is 0 Å². The largest absolute Gasteiger partial charge is 0.289 e. The van der Waals surface area contributed by atoms with Crippen molar-refractivity contribution >= 4 is 73.0 Å². The molecule has 0 saturated heterocycles. The van der Waals surface area contributed by atoms with Gasteiger partial charge >= 0.3 is 0 Å². The van der Waals surface area contributed by atoms with Crippen molar-refractivity contribution in [1.29, 1.82) is 0 Å². The van der Waals surface area contributed by atoms with E-state index in [0.29, 0.717) is 11.1 Å². The minimum Gasteiger partial charge on any atom is -0.289 e. The van der Waals surface area contributed by atoms with E-state index in [9.17, 15) is 9.59 Å². The van der Waals surface area contributed by atoms with Crippen LogP contribution < -0.4 is 0 Å². The van der Waals surface area contributed by atoms with Crippen LogP contribution in [0.3, 0.4) is 0 Å². The van der Waals surface area contributed by atoms with Gasteiger partial charge in [0.25, 0.3) is 0 Å². The molecule has 0 atom stereocenters. The zero-order valence-electron chi connectivity index (χ0n) is 18.5. The number of allylic oxidation sites excluding steroid dienone is 2. The van der Waals surface area contributed by atoms with Crippen LogP contribution in [0.15, 0.2) is 72.6 Å². The molecule has 0 aliphatic heterocycles. The van der Waals surface area contributed by atoms with Crippen molar-refractivity contribution in [2.24, 2.45) is 0 Å². The molecule has 7 rings (SSSR count). The molecule has 5 aromatic rings. The average molecular weight is 525 g/mol. The molecular formula is C29H16O2S4.